The maximum Gasteiger partial charge on any atom is 0.249 e. The van der Waals surface area contributed by atoms with Crippen molar-refractivity contribution >= 4 is 15.7 Å². The van der Waals surface area contributed by atoms with E-state index in [4.69, 9.17) is 14.7 Å². The monoisotopic (exact) mass is 284 g/mol. The van der Waals surface area contributed by atoms with Gasteiger partial charge in [-0.25, -0.2) is 8.42 Å². The molecule has 0 amide bonds. The average Bonchev–Trinajstić information content (AvgIpc) is 2.38. The molecule has 19 heavy (non-hydrogen) atoms. The van der Waals surface area contributed by atoms with Gasteiger partial charge in [0.15, 0.2) is 5.25 Å². The molecule has 1 unspecified atom stereocenters. The van der Waals surface area contributed by atoms with Gasteiger partial charge in [0.05, 0.1) is 26.0 Å². The van der Waals surface area contributed by atoms with Crippen LogP contribution in [0.15, 0.2) is 18.2 Å². The van der Waals surface area contributed by atoms with Crippen LogP contribution >= 0.6 is 0 Å². The number of anilines is 1. The van der Waals surface area contributed by atoms with Crippen LogP contribution in [-0.4, -0.2) is 27.9 Å². The van der Waals surface area contributed by atoms with Crippen LogP contribution in [0.25, 0.3) is 0 Å². The van der Waals surface area contributed by atoms with Crippen LogP contribution in [0.4, 0.5) is 5.69 Å². The van der Waals surface area contributed by atoms with Crippen molar-refractivity contribution < 1.29 is 17.9 Å². The highest BCUT2D eigenvalue weighted by atomic mass is 32.2. The Balaban J connectivity index is 3.09. The summed E-state index contributed by atoms with van der Waals surface area (Å²) in [4.78, 5) is 0. The molecule has 1 aromatic carbocycles. The molecule has 0 aliphatic carbocycles. The maximum atomic E-state index is 11.9. The molecule has 0 radical (unpaired) electrons. The molecule has 1 aromatic rings. The predicted octanol–water partition coefficient (Wildman–Crippen LogP) is 1.75. The second-order valence-corrected chi connectivity index (χ2v) is 5.64. The standard InChI is InChI=1S/C12H16N2O4S/c1-4-12(8-13)19(15,16)14-9-5-10(17-2)7-11(6-9)18-3/h5-7,12,14H,4H2,1-3H3. The zero-order valence-corrected chi connectivity index (χ0v) is 11.8. The summed E-state index contributed by atoms with van der Waals surface area (Å²) in [7, 11) is -0.809. The largest absolute Gasteiger partial charge is 0.497 e. The topological polar surface area (TPSA) is 88.4 Å². The number of rotatable bonds is 6. The quantitative estimate of drug-likeness (QED) is 0.859. The van der Waals surface area contributed by atoms with Crippen molar-refractivity contribution in [3.8, 4) is 17.6 Å². The normalized spacial score (nSPS) is 12.3. The molecule has 1 N–H and O–H groups in total. The van der Waals surface area contributed by atoms with E-state index in [-0.39, 0.29) is 6.42 Å². The van der Waals surface area contributed by atoms with Gasteiger partial charge < -0.3 is 9.47 Å². The van der Waals surface area contributed by atoms with Crippen LogP contribution < -0.4 is 14.2 Å². The van der Waals surface area contributed by atoms with Crippen LogP contribution in [0.1, 0.15) is 13.3 Å². The minimum Gasteiger partial charge on any atom is -0.497 e. The number of ether oxygens (including phenoxy) is 2. The third-order valence-corrected chi connectivity index (χ3v) is 4.21. The van der Waals surface area contributed by atoms with Gasteiger partial charge in [-0.15, -0.1) is 0 Å². The van der Waals surface area contributed by atoms with E-state index >= 15 is 0 Å². The van der Waals surface area contributed by atoms with E-state index < -0.39 is 15.3 Å². The number of nitrogens with zero attached hydrogens (tertiary/aromatic N) is 1. The number of benzene rings is 1. The molecule has 104 valence electrons. The summed E-state index contributed by atoms with van der Waals surface area (Å²) in [6.07, 6.45) is 0.215. The van der Waals surface area contributed by atoms with Crippen molar-refractivity contribution in [2.24, 2.45) is 0 Å². The fourth-order valence-electron chi connectivity index (χ4n) is 1.48. The summed E-state index contributed by atoms with van der Waals surface area (Å²) in [6.45, 7) is 1.64. The molecule has 1 rings (SSSR count). The van der Waals surface area contributed by atoms with Crippen LogP contribution in [0.2, 0.25) is 0 Å². The zero-order valence-electron chi connectivity index (χ0n) is 11.0. The van der Waals surface area contributed by atoms with E-state index in [1.54, 1.807) is 19.1 Å². The number of nitrogens with one attached hydrogen (secondary N) is 1. The first-order valence-electron chi connectivity index (χ1n) is 5.61. The first kappa shape index (κ1) is 15.1. The van der Waals surface area contributed by atoms with E-state index in [0.29, 0.717) is 17.2 Å². The Labute approximate surface area is 113 Å². The second-order valence-electron chi connectivity index (χ2n) is 3.77. The van der Waals surface area contributed by atoms with E-state index in [1.807, 2.05) is 0 Å². The lowest BCUT2D eigenvalue weighted by molar-refractivity contribution is 0.395. The molecular formula is C12H16N2O4S. The zero-order chi connectivity index (χ0) is 14.5. The Bertz CT molecular complexity index is 556. The Morgan fingerprint density at radius 2 is 1.79 bits per heavy atom. The van der Waals surface area contributed by atoms with Gasteiger partial charge in [0.1, 0.15) is 11.5 Å². The van der Waals surface area contributed by atoms with Crippen molar-refractivity contribution in [3.05, 3.63) is 18.2 Å². The van der Waals surface area contributed by atoms with E-state index in [9.17, 15) is 8.42 Å². The van der Waals surface area contributed by atoms with Crippen molar-refractivity contribution in [2.75, 3.05) is 18.9 Å². The summed E-state index contributed by atoms with van der Waals surface area (Å²) in [5.74, 6) is 0.920. The van der Waals surface area contributed by atoms with Gasteiger partial charge in [0, 0.05) is 18.2 Å². The molecule has 0 aliphatic heterocycles. The second kappa shape index (κ2) is 6.29. The Kier molecular flexibility index (Phi) is 5.01. The first-order chi connectivity index (χ1) is 8.96. The molecule has 0 bridgehead atoms. The third-order valence-electron chi connectivity index (χ3n) is 2.50. The number of hydrogen-bond donors (Lipinski definition) is 1. The van der Waals surface area contributed by atoms with Gasteiger partial charge in [-0.2, -0.15) is 5.26 Å². The molecule has 7 heteroatoms. The van der Waals surface area contributed by atoms with Crippen molar-refractivity contribution in [1.82, 2.24) is 0 Å². The van der Waals surface area contributed by atoms with Crippen molar-refractivity contribution in [3.63, 3.8) is 0 Å². The summed E-state index contributed by atoms with van der Waals surface area (Å²) in [5, 5.41) is 7.73. The minimum absolute atomic E-state index is 0.215. The van der Waals surface area contributed by atoms with Crippen LogP contribution in [0, 0.1) is 11.3 Å². The average molecular weight is 284 g/mol. The van der Waals surface area contributed by atoms with E-state index in [1.165, 1.54) is 26.4 Å². The van der Waals surface area contributed by atoms with Gasteiger partial charge >= 0.3 is 0 Å². The SMILES string of the molecule is CCC(C#N)S(=O)(=O)Nc1cc(OC)cc(OC)c1. The molecule has 1 atom stereocenters. The molecule has 0 aliphatic rings. The first-order valence-corrected chi connectivity index (χ1v) is 7.15. The van der Waals surface area contributed by atoms with Crippen LogP contribution in [-0.2, 0) is 10.0 Å². The summed E-state index contributed by atoms with van der Waals surface area (Å²) < 4.78 is 36.3. The van der Waals surface area contributed by atoms with Crippen molar-refractivity contribution in [2.45, 2.75) is 18.6 Å². The highest BCUT2D eigenvalue weighted by Gasteiger charge is 2.23. The van der Waals surface area contributed by atoms with Gasteiger partial charge in [-0.1, -0.05) is 6.92 Å². The number of nitriles is 1. The van der Waals surface area contributed by atoms with Crippen molar-refractivity contribution in [1.29, 1.82) is 5.26 Å². The van der Waals surface area contributed by atoms with E-state index in [2.05, 4.69) is 4.72 Å². The summed E-state index contributed by atoms with van der Waals surface area (Å²) in [5.41, 5.74) is 0.296. The molecule has 0 heterocycles. The molecular weight excluding hydrogens is 268 g/mol. The predicted molar refractivity (Wildman–Crippen MR) is 71.8 cm³/mol. The lowest BCUT2D eigenvalue weighted by Crippen LogP contribution is -2.25. The molecule has 0 saturated carbocycles. The van der Waals surface area contributed by atoms with Gasteiger partial charge in [-0.3, -0.25) is 4.72 Å². The molecule has 6 nitrogen and oxygen atoms in total. The number of hydrogen-bond acceptors (Lipinski definition) is 5. The molecule has 0 fully saturated rings. The van der Waals surface area contributed by atoms with Gasteiger partial charge in [0.2, 0.25) is 10.0 Å². The minimum atomic E-state index is -3.75. The smallest absolute Gasteiger partial charge is 0.249 e. The molecule has 0 spiro atoms. The third kappa shape index (κ3) is 3.76. The van der Waals surface area contributed by atoms with E-state index in [0.717, 1.165) is 0 Å². The lowest BCUT2D eigenvalue weighted by Gasteiger charge is -2.13. The fraction of sp³-hybridized carbons (Fsp3) is 0.417. The maximum absolute atomic E-state index is 11.9. The number of methoxy groups -OCH3 is 2. The lowest BCUT2D eigenvalue weighted by atomic mass is 10.3. The fourth-order valence-corrected chi connectivity index (χ4v) is 2.65. The molecule has 0 aromatic heterocycles. The van der Waals surface area contributed by atoms with Crippen LogP contribution in [0.3, 0.4) is 0 Å². The Hall–Kier alpha value is -1.94. The summed E-state index contributed by atoms with van der Waals surface area (Å²) >= 11 is 0. The summed E-state index contributed by atoms with van der Waals surface area (Å²) in [6, 6.07) is 6.42. The van der Waals surface area contributed by atoms with Crippen LogP contribution in [0.5, 0.6) is 11.5 Å². The number of sulfonamides is 1. The molecule has 0 saturated heterocycles. The highest BCUT2D eigenvalue weighted by Crippen LogP contribution is 2.27. The van der Waals surface area contributed by atoms with Gasteiger partial charge in [0.25, 0.3) is 0 Å². The Morgan fingerprint density at radius 3 is 2.16 bits per heavy atom. The Morgan fingerprint density at radius 1 is 1.26 bits per heavy atom. The van der Waals surface area contributed by atoms with Gasteiger partial charge in [-0.05, 0) is 6.42 Å². The highest BCUT2D eigenvalue weighted by molar-refractivity contribution is 7.93.